The average molecular weight is 348 g/mol. The first-order valence-electron chi connectivity index (χ1n) is 8.38. The second-order valence-corrected chi connectivity index (χ2v) is 5.52. The van der Waals surface area contributed by atoms with Crippen molar-refractivity contribution in [3.05, 3.63) is 78.2 Å². The third-order valence-corrected chi connectivity index (χ3v) is 3.68. The molecule has 1 aromatic carbocycles. The number of hydrogen-bond acceptors (Lipinski definition) is 5. The summed E-state index contributed by atoms with van der Waals surface area (Å²) in [5.41, 5.74) is 2.33. The lowest BCUT2D eigenvalue weighted by Crippen LogP contribution is -2.22. The summed E-state index contributed by atoms with van der Waals surface area (Å²) in [6, 6.07) is 14.9. The molecule has 0 saturated heterocycles. The number of hydrogen-bond donors (Lipinski definition) is 2. The molecule has 0 atom stereocenters. The smallest absolute Gasteiger partial charge is 0.253 e. The van der Waals surface area contributed by atoms with Crippen LogP contribution in [0.2, 0.25) is 0 Å². The lowest BCUT2D eigenvalue weighted by Gasteiger charge is -2.12. The van der Waals surface area contributed by atoms with Gasteiger partial charge in [0.2, 0.25) is 0 Å². The van der Waals surface area contributed by atoms with E-state index in [1.807, 2.05) is 43.3 Å². The highest BCUT2D eigenvalue weighted by Gasteiger charge is 2.07. The van der Waals surface area contributed by atoms with Gasteiger partial charge in [0.15, 0.2) is 0 Å². The summed E-state index contributed by atoms with van der Waals surface area (Å²) in [5.74, 6) is 1.23. The van der Waals surface area contributed by atoms with Gasteiger partial charge in [0, 0.05) is 25.1 Å². The van der Waals surface area contributed by atoms with Crippen LogP contribution in [-0.2, 0) is 6.54 Å². The molecule has 2 heterocycles. The minimum absolute atomic E-state index is 0.171. The molecule has 0 saturated carbocycles. The zero-order valence-corrected chi connectivity index (χ0v) is 14.5. The normalized spacial score (nSPS) is 10.2. The van der Waals surface area contributed by atoms with Crippen LogP contribution >= 0.6 is 0 Å². The van der Waals surface area contributed by atoms with Crippen LogP contribution in [0.15, 0.2) is 67.1 Å². The number of carbonyl (C=O) groups excluding carboxylic acids is 1. The van der Waals surface area contributed by atoms with Crippen molar-refractivity contribution in [3.8, 4) is 5.75 Å². The predicted molar refractivity (Wildman–Crippen MR) is 101 cm³/mol. The highest BCUT2D eigenvalue weighted by Crippen LogP contribution is 2.26. The van der Waals surface area contributed by atoms with Crippen LogP contribution in [0.1, 0.15) is 22.8 Å². The molecule has 132 valence electrons. The fraction of sp³-hybridized carbons (Fsp3) is 0.150. The van der Waals surface area contributed by atoms with Gasteiger partial charge in [-0.2, -0.15) is 0 Å². The second kappa shape index (κ2) is 8.62. The minimum atomic E-state index is -0.171. The molecule has 26 heavy (non-hydrogen) atoms. The number of para-hydroxylation sites is 2. The van der Waals surface area contributed by atoms with Crippen molar-refractivity contribution in [3.63, 3.8) is 0 Å². The van der Waals surface area contributed by atoms with E-state index in [-0.39, 0.29) is 5.91 Å². The molecule has 6 heteroatoms. The minimum Gasteiger partial charge on any atom is -0.492 e. The van der Waals surface area contributed by atoms with E-state index in [4.69, 9.17) is 4.74 Å². The summed E-state index contributed by atoms with van der Waals surface area (Å²) in [5, 5.41) is 6.07. The molecule has 0 aliphatic carbocycles. The maximum Gasteiger partial charge on any atom is 0.253 e. The molecule has 0 bridgehead atoms. The Morgan fingerprint density at radius 3 is 2.62 bits per heavy atom. The summed E-state index contributed by atoms with van der Waals surface area (Å²) >= 11 is 0. The van der Waals surface area contributed by atoms with E-state index in [2.05, 4.69) is 20.6 Å². The summed E-state index contributed by atoms with van der Waals surface area (Å²) in [6.07, 6.45) is 4.95. The van der Waals surface area contributed by atoms with Crippen molar-refractivity contribution < 1.29 is 9.53 Å². The Balaban J connectivity index is 1.62. The average Bonchev–Trinajstić information content (AvgIpc) is 2.69. The first-order chi connectivity index (χ1) is 12.8. The van der Waals surface area contributed by atoms with Crippen LogP contribution in [0, 0.1) is 0 Å². The Kier molecular flexibility index (Phi) is 5.77. The molecule has 3 aromatic rings. The van der Waals surface area contributed by atoms with Gasteiger partial charge >= 0.3 is 0 Å². The Bertz CT molecular complexity index is 851. The van der Waals surface area contributed by atoms with Crippen LogP contribution in [-0.4, -0.2) is 22.5 Å². The summed E-state index contributed by atoms with van der Waals surface area (Å²) in [4.78, 5) is 20.5. The Morgan fingerprint density at radius 1 is 1.08 bits per heavy atom. The third kappa shape index (κ3) is 4.57. The topological polar surface area (TPSA) is 76.1 Å². The SMILES string of the molecule is CCOc1ccccc1Nc1ccc(C(=O)NCc2ccncc2)cn1. The van der Waals surface area contributed by atoms with E-state index in [0.717, 1.165) is 17.0 Å². The number of pyridine rings is 2. The van der Waals surface area contributed by atoms with Crippen LogP contribution in [0.5, 0.6) is 5.75 Å². The van der Waals surface area contributed by atoms with Crippen molar-refractivity contribution in [2.45, 2.75) is 13.5 Å². The molecule has 0 aliphatic rings. The molecule has 6 nitrogen and oxygen atoms in total. The van der Waals surface area contributed by atoms with Gasteiger partial charge in [0.25, 0.3) is 5.91 Å². The third-order valence-electron chi connectivity index (χ3n) is 3.68. The molecule has 0 unspecified atom stereocenters. The van der Waals surface area contributed by atoms with Gasteiger partial charge in [-0.05, 0) is 48.9 Å². The molecule has 0 radical (unpaired) electrons. The number of anilines is 2. The number of nitrogens with one attached hydrogen (secondary N) is 2. The monoisotopic (exact) mass is 348 g/mol. The lowest BCUT2D eigenvalue weighted by molar-refractivity contribution is 0.0950. The predicted octanol–water partition coefficient (Wildman–Crippen LogP) is 3.55. The van der Waals surface area contributed by atoms with Crippen molar-refractivity contribution in [1.82, 2.24) is 15.3 Å². The van der Waals surface area contributed by atoms with E-state index < -0.39 is 0 Å². The number of nitrogens with zero attached hydrogens (tertiary/aromatic N) is 2. The van der Waals surface area contributed by atoms with E-state index >= 15 is 0 Å². The summed E-state index contributed by atoms with van der Waals surface area (Å²) in [7, 11) is 0. The van der Waals surface area contributed by atoms with E-state index in [1.54, 1.807) is 30.7 Å². The van der Waals surface area contributed by atoms with Crippen molar-refractivity contribution in [2.24, 2.45) is 0 Å². The van der Waals surface area contributed by atoms with Crippen LogP contribution in [0.4, 0.5) is 11.5 Å². The highest BCUT2D eigenvalue weighted by molar-refractivity contribution is 5.94. The number of rotatable bonds is 7. The molecular formula is C20H20N4O2. The largest absolute Gasteiger partial charge is 0.492 e. The van der Waals surface area contributed by atoms with Gasteiger partial charge in [-0.15, -0.1) is 0 Å². The molecule has 2 N–H and O–H groups in total. The van der Waals surface area contributed by atoms with Gasteiger partial charge in [0.1, 0.15) is 11.6 Å². The van der Waals surface area contributed by atoms with E-state index in [1.165, 1.54) is 0 Å². The molecule has 0 spiro atoms. The van der Waals surface area contributed by atoms with Crippen molar-refractivity contribution >= 4 is 17.4 Å². The molecular weight excluding hydrogens is 328 g/mol. The number of ether oxygens (including phenoxy) is 1. The quantitative estimate of drug-likeness (QED) is 0.683. The highest BCUT2D eigenvalue weighted by atomic mass is 16.5. The van der Waals surface area contributed by atoms with E-state index in [0.29, 0.717) is 24.5 Å². The number of benzene rings is 1. The Labute approximate surface area is 152 Å². The molecule has 1 amide bonds. The van der Waals surface area contributed by atoms with Gasteiger partial charge in [-0.1, -0.05) is 12.1 Å². The van der Waals surface area contributed by atoms with Crippen molar-refractivity contribution in [2.75, 3.05) is 11.9 Å². The van der Waals surface area contributed by atoms with Crippen molar-refractivity contribution in [1.29, 1.82) is 0 Å². The fourth-order valence-corrected chi connectivity index (χ4v) is 2.38. The molecule has 0 aliphatic heterocycles. The molecule has 3 rings (SSSR count). The van der Waals surface area contributed by atoms with Crippen LogP contribution in [0.25, 0.3) is 0 Å². The fourth-order valence-electron chi connectivity index (χ4n) is 2.38. The second-order valence-electron chi connectivity index (χ2n) is 5.52. The van der Waals surface area contributed by atoms with Crippen LogP contribution < -0.4 is 15.4 Å². The maximum absolute atomic E-state index is 12.2. The summed E-state index contributed by atoms with van der Waals surface area (Å²) < 4.78 is 5.59. The first-order valence-corrected chi connectivity index (χ1v) is 8.38. The first kappa shape index (κ1) is 17.4. The number of carbonyl (C=O) groups is 1. The Hall–Kier alpha value is -3.41. The van der Waals surface area contributed by atoms with Crippen LogP contribution in [0.3, 0.4) is 0 Å². The lowest BCUT2D eigenvalue weighted by atomic mass is 10.2. The zero-order valence-electron chi connectivity index (χ0n) is 14.5. The number of aromatic nitrogens is 2. The van der Waals surface area contributed by atoms with Gasteiger partial charge < -0.3 is 15.4 Å². The molecule has 2 aromatic heterocycles. The standard InChI is InChI=1S/C20H20N4O2/c1-2-26-18-6-4-3-5-17(18)24-19-8-7-16(14-22-19)20(25)23-13-15-9-11-21-12-10-15/h3-12,14H,2,13H2,1H3,(H,22,24)(H,23,25). The van der Waals surface area contributed by atoms with Gasteiger partial charge in [0.05, 0.1) is 17.9 Å². The summed E-state index contributed by atoms with van der Waals surface area (Å²) in [6.45, 7) is 2.97. The Morgan fingerprint density at radius 2 is 1.88 bits per heavy atom. The zero-order chi connectivity index (χ0) is 18.2. The maximum atomic E-state index is 12.2. The van der Waals surface area contributed by atoms with E-state index in [9.17, 15) is 4.79 Å². The number of amides is 1. The van der Waals surface area contributed by atoms with Gasteiger partial charge in [-0.25, -0.2) is 4.98 Å². The molecule has 0 fully saturated rings. The van der Waals surface area contributed by atoms with Gasteiger partial charge in [-0.3, -0.25) is 9.78 Å².